The number of amides is 1. The normalized spacial score (nSPS) is 13.1. The van der Waals surface area contributed by atoms with Crippen LogP contribution in [-0.4, -0.2) is 33.3 Å². The minimum atomic E-state index is -0.961. The number of nitrogens with one attached hydrogen (secondary N) is 1. The number of carbonyl (C=O) groups is 2. The molecule has 0 saturated heterocycles. The Bertz CT molecular complexity index is 506. The highest BCUT2D eigenvalue weighted by Crippen LogP contribution is 2.16. The molecule has 1 heterocycles. The number of aryl methyl sites for hydroxylation is 2. The van der Waals surface area contributed by atoms with Crippen molar-refractivity contribution in [3.8, 4) is 0 Å². The van der Waals surface area contributed by atoms with E-state index in [1.165, 1.54) is 0 Å². The number of aliphatic carboxylic acids is 1. The van der Waals surface area contributed by atoms with Gasteiger partial charge in [-0.2, -0.15) is 5.10 Å². The molecule has 1 unspecified atom stereocenters. The van der Waals surface area contributed by atoms with Crippen molar-refractivity contribution < 1.29 is 14.7 Å². The van der Waals surface area contributed by atoms with E-state index in [2.05, 4.69) is 10.4 Å². The zero-order chi connectivity index (χ0) is 15.5. The number of aromatic nitrogens is 2. The summed E-state index contributed by atoms with van der Waals surface area (Å²) in [5.74, 6) is -1.09. The van der Waals surface area contributed by atoms with Gasteiger partial charge in [-0.05, 0) is 40.7 Å². The van der Waals surface area contributed by atoms with Crippen LogP contribution in [0.4, 0.5) is 0 Å². The molecule has 1 aromatic rings. The Hall–Kier alpha value is -1.85. The number of nitrogens with zero attached hydrogens (tertiary/aromatic N) is 2. The Morgan fingerprint density at radius 1 is 1.45 bits per heavy atom. The minimum absolute atomic E-state index is 0.0587. The van der Waals surface area contributed by atoms with E-state index in [1.54, 1.807) is 13.8 Å². The number of carboxylic acids is 1. The molecule has 0 aliphatic heterocycles. The van der Waals surface area contributed by atoms with E-state index in [9.17, 15) is 9.59 Å². The van der Waals surface area contributed by atoms with Crippen LogP contribution in [0.15, 0.2) is 6.07 Å². The molecule has 0 radical (unpaired) electrons. The summed E-state index contributed by atoms with van der Waals surface area (Å²) in [6.45, 7) is 9.06. The summed E-state index contributed by atoms with van der Waals surface area (Å²) in [6.07, 6.45) is 0.275. The Morgan fingerprint density at radius 3 is 2.50 bits per heavy atom. The zero-order valence-corrected chi connectivity index (χ0v) is 12.7. The standard InChI is InChI=1S/C14H23N3O3/c1-9-6-10(2)17(16-9)11(3)7-12(18)15-8-14(4,5)13(19)20/h6,11H,7-8H2,1-5H3,(H,15,18)(H,19,20). The van der Waals surface area contributed by atoms with E-state index >= 15 is 0 Å². The van der Waals surface area contributed by atoms with Crippen molar-refractivity contribution in [2.45, 2.75) is 47.1 Å². The second-order valence-corrected chi connectivity index (χ2v) is 5.89. The first-order valence-corrected chi connectivity index (χ1v) is 6.66. The molecule has 6 heteroatoms. The fraction of sp³-hybridized carbons (Fsp3) is 0.643. The van der Waals surface area contributed by atoms with Gasteiger partial charge in [0, 0.05) is 18.7 Å². The fourth-order valence-electron chi connectivity index (χ4n) is 1.91. The first-order chi connectivity index (χ1) is 9.13. The van der Waals surface area contributed by atoms with Gasteiger partial charge in [0.15, 0.2) is 0 Å². The molecule has 112 valence electrons. The summed E-state index contributed by atoms with van der Waals surface area (Å²) in [6, 6.07) is 1.90. The van der Waals surface area contributed by atoms with Gasteiger partial charge in [-0.3, -0.25) is 14.3 Å². The smallest absolute Gasteiger partial charge is 0.310 e. The van der Waals surface area contributed by atoms with E-state index < -0.39 is 11.4 Å². The lowest BCUT2D eigenvalue weighted by atomic mass is 9.94. The average molecular weight is 281 g/mol. The SMILES string of the molecule is Cc1cc(C)n(C(C)CC(=O)NCC(C)(C)C(=O)O)n1. The van der Waals surface area contributed by atoms with E-state index in [1.807, 2.05) is 31.5 Å². The van der Waals surface area contributed by atoms with Crippen molar-refractivity contribution >= 4 is 11.9 Å². The molecule has 1 amide bonds. The highest BCUT2D eigenvalue weighted by atomic mass is 16.4. The van der Waals surface area contributed by atoms with Crippen LogP contribution in [0.2, 0.25) is 0 Å². The largest absolute Gasteiger partial charge is 0.481 e. The molecule has 0 saturated carbocycles. The second kappa shape index (κ2) is 6.07. The molecule has 0 aliphatic carbocycles. The fourth-order valence-corrected chi connectivity index (χ4v) is 1.91. The van der Waals surface area contributed by atoms with Gasteiger partial charge in [-0.25, -0.2) is 0 Å². The van der Waals surface area contributed by atoms with Crippen LogP contribution in [0.5, 0.6) is 0 Å². The maximum Gasteiger partial charge on any atom is 0.310 e. The van der Waals surface area contributed by atoms with E-state index in [4.69, 9.17) is 5.11 Å². The predicted molar refractivity (Wildman–Crippen MR) is 75.5 cm³/mol. The molecule has 20 heavy (non-hydrogen) atoms. The maximum atomic E-state index is 11.9. The molecule has 1 rings (SSSR count). The zero-order valence-electron chi connectivity index (χ0n) is 12.7. The van der Waals surface area contributed by atoms with Crippen molar-refractivity contribution in [3.63, 3.8) is 0 Å². The number of hydrogen-bond acceptors (Lipinski definition) is 3. The van der Waals surface area contributed by atoms with Gasteiger partial charge in [0.05, 0.1) is 17.2 Å². The summed E-state index contributed by atoms with van der Waals surface area (Å²) in [4.78, 5) is 22.8. The van der Waals surface area contributed by atoms with Gasteiger partial charge in [0.1, 0.15) is 0 Å². The molecule has 0 aliphatic rings. The Morgan fingerprint density at radius 2 is 2.05 bits per heavy atom. The molecular formula is C14H23N3O3. The monoisotopic (exact) mass is 281 g/mol. The summed E-state index contributed by atoms with van der Waals surface area (Å²) in [7, 11) is 0. The molecule has 0 spiro atoms. The summed E-state index contributed by atoms with van der Waals surface area (Å²) in [5.41, 5.74) is 0.965. The van der Waals surface area contributed by atoms with Gasteiger partial charge >= 0.3 is 5.97 Å². The van der Waals surface area contributed by atoms with Crippen LogP contribution in [0.3, 0.4) is 0 Å². The van der Waals surface area contributed by atoms with E-state index in [-0.39, 0.29) is 24.9 Å². The van der Waals surface area contributed by atoms with Crippen LogP contribution in [0.25, 0.3) is 0 Å². The van der Waals surface area contributed by atoms with Gasteiger partial charge < -0.3 is 10.4 Å². The first kappa shape index (κ1) is 16.2. The van der Waals surface area contributed by atoms with Crippen LogP contribution >= 0.6 is 0 Å². The summed E-state index contributed by atoms with van der Waals surface area (Å²) >= 11 is 0. The van der Waals surface area contributed by atoms with Gasteiger partial charge in [-0.1, -0.05) is 0 Å². The predicted octanol–water partition coefficient (Wildman–Crippen LogP) is 1.68. The van der Waals surface area contributed by atoms with E-state index in [0.717, 1.165) is 11.4 Å². The lowest BCUT2D eigenvalue weighted by Gasteiger charge is -2.20. The van der Waals surface area contributed by atoms with Crippen molar-refractivity contribution in [1.82, 2.24) is 15.1 Å². The van der Waals surface area contributed by atoms with E-state index in [0.29, 0.717) is 0 Å². The van der Waals surface area contributed by atoms with Crippen LogP contribution in [-0.2, 0) is 9.59 Å². The molecule has 0 aromatic carbocycles. The third-order valence-corrected chi connectivity index (χ3v) is 3.25. The average Bonchev–Trinajstić information content (AvgIpc) is 2.66. The Labute approximate surface area is 119 Å². The number of rotatable bonds is 6. The third kappa shape index (κ3) is 4.08. The highest BCUT2D eigenvalue weighted by Gasteiger charge is 2.27. The van der Waals surface area contributed by atoms with Crippen LogP contribution in [0, 0.1) is 19.3 Å². The quantitative estimate of drug-likeness (QED) is 0.831. The van der Waals surface area contributed by atoms with Gasteiger partial charge in [0.2, 0.25) is 5.91 Å². The number of carboxylic acid groups (broad SMARTS) is 1. The maximum absolute atomic E-state index is 11.9. The summed E-state index contributed by atoms with van der Waals surface area (Å²) in [5, 5.41) is 16.0. The van der Waals surface area contributed by atoms with Crippen LogP contribution < -0.4 is 5.32 Å². The third-order valence-electron chi connectivity index (χ3n) is 3.25. The lowest BCUT2D eigenvalue weighted by molar-refractivity contribution is -0.146. The molecule has 0 fully saturated rings. The first-order valence-electron chi connectivity index (χ1n) is 6.66. The molecule has 1 atom stereocenters. The molecular weight excluding hydrogens is 258 g/mol. The van der Waals surface area contributed by atoms with Gasteiger partial charge in [0.25, 0.3) is 0 Å². The summed E-state index contributed by atoms with van der Waals surface area (Å²) < 4.78 is 1.82. The highest BCUT2D eigenvalue weighted by molar-refractivity contribution is 5.78. The topological polar surface area (TPSA) is 84.2 Å². The molecule has 0 bridgehead atoms. The lowest BCUT2D eigenvalue weighted by Crippen LogP contribution is -2.39. The van der Waals surface area contributed by atoms with Crippen molar-refractivity contribution in [2.24, 2.45) is 5.41 Å². The Balaban J connectivity index is 2.55. The van der Waals surface area contributed by atoms with Crippen LogP contribution in [0.1, 0.15) is 44.6 Å². The second-order valence-electron chi connectivity index (χ2n) is 5.89. The van der Waals surface area contributed by atoms with Crippen molar-refractivity contribution in [1.29, 1.82) is 0 Å². The molecule has 1 aromatic heterocycles. The van der Waals surface area contributed by atoms with Gasteiger partial charge in [-0.15, -0.1) is 0 Å². The van der Waals surface area contributed by atoms with Crippen molar-refractivity contribution in [3.05, 3.63) is 17.5 Å². The Kier molecular flexibility index (Phi) is 4.92. The number of hydrogen-bond donors (Lipinski definition) is 2. The van der Waals surface area contributed by atoms with Crippen molar-refractivity contribution in [2.75, 3.05) is 6.54 Å². The molecule has 6 nitrogen and oxygen atoms in total. The minimum Gasteiger partial charge on any atom is -0.481 e. The molecule has 2 N–H and O–H groups in total. The number of carbonyl (C=O) groups excluding carboxylic acids is 1.